The van der Waals surface area contributed by atoms with Gasteiger partial charge in [0.05, 0.1) is 0 Å². The normalized spacial score (nSPS) is 38.8. The Kier molecular flexibility index (Phi) is 3.45. The minimum atomic E-state index is -0.0907. The zero-order valence-electron chi connectivity index (χ0n) is 17.5. The van der Waals surface area contributed by atoms with Crippen molar-refractivity contribution in [1.82, 2.24) is 5.32 Å². The number of carbonyl (C=O) groups is 1. The standard InChI is InChI=1S/C24H33NO2/c1-14-11-16-18(13-25-21(16)26)20-17(14)12-23(5)15(2)7-8-19-22(3,4)9-6-10-24(19,23)27-20/h11,15,19H,6-10,12-13H2,1-5H3,(H,25,26)/t15-,19?,23+,24?/m0/s1. The molecule has 27 heavy (non-hydrogen) atoms. The molecule has 1 spiro atoms. The van der Waals surface area contributed by atoms with Crippen LogP contribution in [0.25, 0.3) is 0 Å². The number of hydrogen-bond acceptors (Lipinski definition) is 2. The molecule has 1 aromatic rings. The molecule has 3 heteroatoms. The molecule has 2 saturated carbocycles. The van der Waals surface area contributed by atoms with Crippen LogP contribution in [0.1, 0.15) is 86.8 Å². The van der Waals surface area contributed by atoms with Crippen LogP contribution in [0.2, 0.25) is 0 Å². The topological polar surface area (TPSA) is 38.3 Å². The van der Waals surface area contributed by atoms with E-state index < -0.39 is 0 Å². The molecular formula is C24H33NO2. The van der Waals surface area contributed by atoms with Crippen LogP contribution in [0.4, 0.5) is 0 Å². The van der Waals surface area contributed by atoms with Gasteiger partial charge >= 0.3 is 0 Å². The maximum atomic E-state index is 12.3. The van der Waals surface area contributed by atoms with Gasteiger partial charge in [0.2, 0.25) is 0 Å². The molecule has 3 nitrogen and oxygen atoms in total. The van der Waals surface area contributed by atoms with Crippen LogP contribution < -0.4 is 10.1 Å². The lowest BCUT2D eigenvalue weighted by molar-refractivity contribution is -0.210. The van der Waals surface area contributed by atoms with E-state index in [2.05, 4.69) is 46.0 Å². The Morgan fingerprint density at radius 3 is 2.70 bits per heavy atom. The SMILES string of the molecule is Cc1cc2c(c3c1C[C@]1(C)[C@@H](C)CCC4C(C)(C)CCCC41O3)CNC2=O. The molecule has 2 heterocycles. The number of fused-ring (bicyclic) bond motifs is 3. The number of aryl methyl sites for hydroxylation is 1. The third-order valence-corrected chi connectivity index (χ3v) is 9.03. The summed E-state index contributed by atoms with van der Waals surface area (Å²) in [7, 11) is 0. The molecule has 0 bridgehead atoms. The summed E-state index contributed by atoms with van der Waals surface area (Å²) in [5, 5.41) is 3.02. The molecule has 2 aliphatic heterocycles. The molecule has 1 aromatic carbocycles. The summed E-state index contributed by atoms with van der Waals surface area (Å²) in [6.07, 6.45) is 7.35. The van der Waals surface area contributed by atoms with E-state index in [9.17, 15) is 4.79 Å². The summed E-state index contributed by atoms with van der Waals surface area (Å²) in [6, 6.07) is 2.09. The van der Waals surface area contributed by atoms with Crippen LogP contribution >= 0.6 is 0 Å². The average molecular weight is 368 g/mol. The lowest BCUT2D eigenvalue weighted by Gasteiger charge is -2.66. The molecule has 0 radical (unpaired) electrons. The quantitative estimate of drug-likeness (QED) is 0.686. The van der Waals surface area contributed by atoms with Crippen molar-refractivity contribution in [2.45, 2.75) is 85.3 Å². The second kappa shape index (κ2) is 5.30. The Morgan fingerprint density at radius 1 is 1.15 bits per heavy atom. The van der Waals surface area contributed by atoms with Crippen LogP contribution in [-0.4, -0.2) is 11.5 Å². The molecule has 0 aromatic heterocycles. The predicted molar refractivity (Wildman–Crippen MR) is 107 cm³/mol. The Bertz CT molecular complexity index is 841. The van der Waals surface area contributed by atoms with E-state index in [1.54, 1.807) is 0 Å². The fourth-order valence-electron chi connectivity index (χ4n) is 7.22. The number of amides is 1. The Morgan fingerprint density at radius 2 is 1.93 bits per heavy atom. The predicted octanol–water partition coefficient (Wildman–Crippen LogP) is 5.17. The van der Waals surface area contributed by atoms with Crippen LogP contribution in [0.15, 0.2) is 6.07 Å². The van der Waals surface area contributed by atoms with Crippen molar-refractivity contribution in [1.29, 1.82) is 0 Å². The van der Waals surface area contributed by atoms with Gasteiger partial charge in [-0.2, -0.15) is 0 Å². The monoisotopic (exact) mass is 367 g/mol. The Labute approximate surface area is 163 Å². The number of ether oxygens (including phenoxy) is 1. The lowest BCUT2D eigenvalue weighted by atomic mass is 9.44. The summed E-state index contributed by atoms with van der Waals surface area (Å²) in [5.41, 5.74) is 4.91. The van der Waals surface area contributed by atoms with Crippen molar-refractivity contribution in [3.05, 3.63) is 28.3 Å². The van der Waals surface area contributed by atoms with Crippen LogP contribution in [-0.2, 0) is 13.0 Å². The summed E-state index contributed by atoms with van der Waals surface area (Å²) >= 11 is 0. The number of benzene rings is 1. The van der Waals surface area contributed by atoms with E-state index in [1.165, 1.54) is 36.8 Å². The largest absolute Gasteiger partial charge is 0.486 e. The van der Waals surface area contributed by atoms with Crippen molar-refractivity contribution in [2.75, 3.05) is 0 Å². The van der Waals surface area contributed by atoms with Gasteiger partial charge in [-0.3, -0.25) is 4.79 Å². The van der Waals surface area contributed by atoms with E-state index in [0.717, 1.165) is 29.7 Å². The highest BCUT2D eigenvalue weighted by Crippen LogP contribution is 2.66. The van der Waals surface area contributed by atoms with Crippen molar-refractivity contribution in [3.8, 4) is 5.75 Å². The van der Waals surface area contributed by atoms with Crippen LogP contribution in [0, 0.1) is 29.6 Å². The number of hydrogen-bond donors (Lipinski definition) is 1. The van der Waals surface area contributed by atoms with Gasteiger partial charge in [-0.15, -0.1) is 0 Å². The summed E-state index contributed by atoms with van der Waals surface area (Å²) in [6.45, 7) is 12.6. The highest BCUT2D eigenvalue weighted by molar-refractivity contribution is 5.99. The molecule has 2 aliphatic carbocycles. The van der Waals surface area contributed by atoms with Crippen molar-refractivity contribution in [3.63, 3.8) is 0 Å². The zero-order chi connectivity index (χ0) is 19.2. The molecule has 1 amide bonds. The molecule has 0 saturated heterocycles. The second-order valence-corrected chi connectivity index (χ2v) is 10.7. The van der Waals surface area contributed by atoms with Gasteiger partial charge in [0, 0.05) is 29.0 Å². The molecular weight excluding hydrogens is 334 g/mol. The minimum Gasteiger partial charge on any atom is -0.486 e. The third-order valence-electron chi connectivity index (χ3n) is 9.03. The fraction of sp³-hybridized carbons (Fsp3) is 0.708. The maximum absolute atomic E-state index is 12.3. The van der Waals surface area contributed by atoms with E-state index in [0.29, 0.717) is 23.8 Å². The van der Waals surface area contributed by atoms with Gasteiger partial charge in [-0.25, -0.2) is 0 Å². The zero-order valence-corrected chi connectivity index (χ0v) is 17.5. The van der Waals surface area contributed by atoms with E-state index in [1.807, 2.05) is 0 Å². The second-order valence-electron chi connectivity index (χ2n) is 10.7. The van der Waals surface area contributed by atoms with E-state index in [4.69, 9.17) is 4.74 Å². The number of nitrogens with one attached hydrogen (secondary N) is 1. The minimum absolute atomic E-state index is 0.0582. The van der Waals surface area contributed by atoms with Gasteiger partial charge in [0.15, 0.2) is 0 Å². The Balaban J connectivity index is 1.74. The lowest BCUT2D eigenvalue weighted by Crippen LogP contribution is -2.68. The number of rotatable bonds is 0. The molecule has 4 aliphatic rings. The average Bonchev–Trinajstić information content (AvgIpc) is 2.96. The van der Waals surface area contributed by atoms with Crippen molar-refractivity contribution < 1.29 is 9.53 Å². The molecule has 1 N–H and O–H groups in total. The van der Waals surface area contributed by atoms with Crippen LogP contribution in [0.3, 0.4) is 0 Å². The van der Waals surface area contributed by atoms with Gasteiger partial charge in [0.25, 0.3) is 5.91 Å². The van der Waals surface area contributed by atoms with Gasteiger partial charge in [-0.05, 0) is 74.0 Å². The molecule has 2 fully saturated rings. The van der Waals surface area contributed by atoms with Gasteiger partial charge in [0.1, 0.15) is 11.4 Å². The van der Waals surface area contributed by atoms with Crippen molar-refractivity contribution in [2.24, 2.45) is 22.7 Å². The first-order valence-corrected chi connectivity index (χ1v) is 10.8. The van der Waals surface area contributed by atoms with E-state index >= 15 is 0 Å². The highest BCUT2D eigenvalue weighted by Gasteiger charge is 2.66. The summed E-state index contributed by atoms with van der Waals surface area (Å²) < 4.78 is 7.22. The maximum Gasteiger partial charge on any atom is 0.252 e. The third kappa shape index (κ3) is 2.06. The van der Waals surface area contributed by atoms with Crippen LogP contribution in [0.5, 0.6) is 5.75 Å². The summed E-state index contributed by atoms with van der Waals surface area (Å²) in [4.78, 5) is 12.3. The first-order valence-electron chi connectivity index (χ1n) is 10.8. The molecule has 4 atom stereocenters. The highest BCUT2D eigenvalue weighted by atomic mass is 16.5. The Hall–Kier alpha value is -1.51. The van der Waals surface area contributed by atoms with Crippen molar-refractivity contribution >= 4 is 5.91 Å². The first-order chi connectivity index (χ1) is 12.7. The van der Waals surface area contributed by atoms with E-state index in [-0.39, 0.29) is 16.9 Å². The fourth-order valence-corrected chi connectivity index (χ4v) is 7.22. The smallest absolute Gasteiger partial charge is 0.252 e. The summed E-state index contributed by atoms with van der Waals surface area (Å²) in [5.74, 6) is 2.36. The van der Waals surface area contributed by atoms with Gasteiger partial charge in [-0.1, -0.05) is 27.7 Å². The number of carbonyl (C=O) groups excluding carboxylic acids is 1. The molecule has 5 rings (SSSR count). The molecule has 146 valence electrons. The molecule has 2 unspecified atom stereocenters. The first kappa shape index (κ1) is 17.6. The van der Waals surface area contributed by atoms with Gasteiger partial charge < -0.3 is 10.1 Å².